The molecular formula is C23H35ClN2O3. The fourth-order valence-electron chi connectivity index (χ4n) is 5.12. The molecular weight excluding hydrogens is 388 g/mol. The van der Waals surface area contributed by atoms with Gasteiger partial charge in [0.05, 0.1) is 6.10 Å². The Morgan fingerprint density at radius 1 is 1.17 bits per heavy atom. The maximum atomic E-state index is 11.9. The summed E-state index contributed by atoms with van der Waals surface area (Å²) in [7, 11) is 0. The van der Waals surface area contributed by atoms with Gasteiger partial charge in [0.15, 0.2) is 0 Å². The van der Waals surface area contributed by atoms with E-state index in [2.05, 4.69) is 18.7 Å². The van der Waals surface area contributed by atoms with Crippen LogP contribution in [0.4, 0.5) is 5.69 Å². The third kappa shape index (κ3) is 6.09. The Labute approximate surface area is 179 Å². The Kier molecular flexibility index (Phi) is 7.83. The van der Waals surface area contributed by atoms with Crippen LogP contribution in [-0.2, 0) is 4.79 Å². The number of carbonyl (C=O) groups is 1. The molecule has 0 radical (unpaired) electrons. The highest BCUT2D eigenvalue weighted by atomic mass is 35.5. The number of nitrogens with zero attached hydrogens (tertiary/aromatic N) is 2. The maximum Gasteiger partial charge on any atom is 0.320 e. The topological polar surface area (TPSA) is 64.0 Å². The molecule has 1 saturated heterocycles. The number of likely N-dealkylation sites (tertiary alicyclic amines) is 1. The van der Waals surface area contributed by atoms with Crippen LogP contribution in [0.5, 0.6) is 0 Å². The number of aliphatic carboxylic acids is 1. The largest absolute Gasteiger partial charge is 0.480 e. The van der Waals surface area contributed by atoms with E-state index >= 15 is 0 Å². The molecule has 4 atom stereocenters. The van der Waals surface area contributed by atoms with Gasteiger partial charge in [-0.3, -0.25) is 9.69 Å². The van der Waals surface area contributed by atoms with Crippen molar-refractivity contribution in [2.24, 2.45) is 17.8 Å². The molecule has 3 rings (SSSR count). The summed E-state index contributed by atoms with van der Waals surface area (Å²) in [5, 5.41) is 21.4. The summed E-state index contributed by atoms with van der Waals surface area (Å²) in [4.78, 5) is 16.1. The van der Waals surface area contributed by atoms with Crippen molar-refractivity contribution in [3.05, 3.63) is 29.3 Å². The number of carboxylic acid groups (broad SMARTS) is 1. The van der Waals surface area contributed by atoms with E-state index in [0.29, 0.717) is 35.9 Å². The number of anilines is 1. The molecule has 1 aromatic carbocycles. The molecule has 2 fully saturated rings. The van der Waals surface area contributed by atoms with E-state index in [-0.39, 0.29) is 0 Å². The fourth-order valence-corrected chi connectivity index (χ4v) is 5.25. The molecule has 0 bridgehead atoms. The fraction of sp³-hybridized carbons (Fsp3) is 0.696. The van der Waals surface area contributed by atoms with Gasteiger partial charge >= 0.3 is 5.97 Å². The van der Waals surface area contributed by atoms with Crippen LogP contribution in [0.3, 0.4) is 0 Å². The molecule has 0 unspecified atom stereocenters. The Morgan fingerprint density at radius 2 is 1.83 bits per heavy atom. The Hall–Kier alpha value is -1.30. The van der Waals surface area contributed by atoms with Crippen molar-refractivity contribution < 1.29 is 15.0 Å². The SMILES string of the molecule is CC(C)CN(C[C@H](O)CN1C[C@H]2CCCC[C@H]2C[C@H]1C(=O)O)c1ccc(Cl)cc1. The average Bonchev–Trinajstić information content (AvgIpc) is 2.67. The zero-order valence-electron chi connectivity index (χ0n) is 17.6. The first-order valence-electron chi connectivity index (χ1n) is 11.0. The first-order valence-corrected chi connectivity index (χ1v) is 11.4. The number of halogens is 1. The predicted octanol–water partition coefficient (Wildman–Crippen LogP) is 4.13. The van der Waals surface area contributed by atoms with E-state index in [1.165, 1.54) is 19.3 Å². The lowest BCUT2D eigenvalue weighted by Gasteiger charge is -2.45. The minimum Gasteiger partial charge on any atom is -0.480 e. The molecule has 0 amide bonds. The minimum atomic E-state index is -0.752. The summed E-state index contributed by atoms with van der Waals surface area (Å²) >= 11 is 6.03. The van der Waals surface area contributed by atoms with Crippen molar-refractivity contribution in [1.82, 2.24) is 4.90 Å². The number of hydrogen-bond acceptors (Lipinski definition) is 4. The zero-order valence-corrected chi connectivity index (χ0v) is 18.4. The van der Waals surface area contributed by atoms with Gasteiger partial charge in [0.1, 0.15) is 6.04 Å². The van der Waals surface area contributed by atoms with Gasteiger partial charge in [-0.1, -0.05) is 44.7 Å². The van der Waals surface area contributed by atoms with Gasteiger partial charge in [0.2, 0.25) is 0 Å². The predicted molar refractivity (Wildman–Crippen MR) is 118 cm³/mol. The van der Waals surface area contributed by atoms with Crippen LogP contribution in [0.1, 0.15) is 46.0 Å². The Morgan fingerprint density at radius 3 is 2.45 bits per heavy atom. The van der Waals surface area contributed by atoms with Crippen molar-refractivity contribution in [3.63, 3.8) is 0 Å². The van der Waals surface area contributed by atoms with Crippen molar-refractivity contribution in [2.45, 2.75) is 58.1 Å². The van der Waals surface area contributed by atoms with Gasteiger partial charge in [-0.2, -0.15) is 0 Å². The lowest BCUT2D eigenvalue weighted by molar-refractivity contribution is -0.147. The Balaban J connectivity index is 1.66. The highest BCUT2D eigenvalue weighted by Gasteiger charge is 2.40. The van der Waals surface area contributed by atoms with Crippen molar-refractivity contribution in [2.75, 3.05) is 31.1 Å². The van der Waals surface area contributed by atoms with Gasteiger partial charge in [-0.15, -0.1) is 0 Å². The molecule has 2 aliphatic rings. The standard InChI is InChI=1S/C23H35ClN2O3/c1-16(2)12-25(20-9-7-19(24)8-10-20)14-21(27)15-26-13-18-6-4-3-5-17(18)11-22(26)23(28)29/h7-10,16-18,21-22,27H,3-6,11-15H2,1-2H3,(H,28,29)/t17-,18+,21-,22-/m0/s1. The lowest BCUT2D eigenvalue weighted by atomic mass is 9.73. The van der Waals surface area contributed by atoms with Crippen LogP contribution in [0.2, 0.25) is 5.02 Å². The second kappa shape index (κ2) is 10.1. The number of fused-ring (bicyclic) bond motifs is 1. The molecule has 162 valence electrons. The molecule has 1 aliphatic carbocycles. The van der Waals surface area contributed by atoms with Crippen LogP contribution in [0.25, 0.3) is 0 Å². The summed E-state index contributed by atoms with van der Waals surface area (Å²) < 4.78 is 0. The number of aliphatic hydroxyl groups is 1. The summed E-state index contributed by atoms with van der Waals surface area (Å²) in [5.41, 5.74) is 1.03. The number of aliphatic hydroxyl groups excluding tert-OH is 1. The quantitative estimate of drug-likeness (QED) is 0.659. The number of piperidine rings is 1. The molecule has 5 nitrogen and oxygen atoms in total. The maximum absolute atomic E-state index is 11.9. The molecule has 0 aromatic heterocycles. The van der Waals surface area contributed by atoms with Crippen molar-refractivity contribution in [1.29, 1.82) is 0 Å². The van der Waals surface area contributed by atoms with Crippen LogP contribution in [0.15, 0.2) is 24.3 Å². The normalized spacial score (nSPS) is 26.2. The second-order valence-electron chi connectivity index (χ2n) is 9.28. The van der Waals surface area contributed by atoms with Crippen molar-refractivity contribution in [3.8, 4) is 0 Å². The summed E-state index contributed by atoms with van der Waals surface area (Å²) in [6.45, 7) is 6.82. The molecule has 29 heavy (non-hydrogen) atoms. The third-order valence-corrected chi connectivity index (χ3v) is 6.69. The highest BCUT2D eigenvalue weighted by Crippen LogP contribution is 2.38. The summed E-state index contributed by atoms with van der Waals surface area (Å²) in [6, 6.07) is 7.21. The zero-order chi connectivity index (χ0) is 21.0. The highest BCUT2D eigenvalue weighted by molar-refractivity contribution is 6.30. The van der Waals surface area contributed by atoms with E-state index in [4.69, 9.17) is 11.6 Å². The number of rotatable bonds is 8. The van der Waals surface area contributed by atoms with Gasteiger partial charge in [-0.25, -0.2) is 0 Å². The smallest absolute Gasteiger partial charge is 0.320 e. The first kappa shape index (κ1) is 22.4. The molecule has 2 N–H and O–H groups in total. The van der Waals surface area contributed by atoms with Crippen LogP contribution < -0.4 is 4.90 Å². The van der Waals surface area contributed by atoms with Gasteiger partial charge in [0.25, 0.3) is 0 Å². The summed E-state index contributed by atoms with van der Waals surface area (Å²) in [5.74, 6) is 0.805. The molecule has 0 spiro atoms. The third-order valence-electron chi connectivity index (χ3n) is 6.44. The number of carboxylic acids is 1. The van der Waals surface area contributed by atoms with E-state index in [1.807, 2.05) is 29.2 Å². The molecule has 1 heterocycles. The first-order chi connectivity index (χ1) is 13.8. The average molecular weight is 423 g/mol. The number of benzene rings is 1. The monoisotopic (exact) mass is 422 g/mol. The lowest BCUT2D eigenvalue weighted by Crippen LogP contribution is -2.54. The van der Waals surface area contributed by atoms with Crippen LogP contribution >= 0.6 is 11.6 Å². The summed E-state index contributed by atoms with van der Waals surface area (Å²) in [6.07, 6.45) is 4.93. The van der Waals surface area contributed by atoms with E-state index < -0.39 is 18.1 Å². The number of β-amino-alcohol motifs (C(OH)–C–C–N with tert-alkyl or cyclic N) is 1. The molecule has 1 aliphatic heterocycles. The van der Waals surface area contributed by atoms with E-state index in [9.17, 15) is 15.0 Å². The molecule has 1 aromatic rings. The molecule has 6 heteroatoms. The van der Waals surface area contributed by atoms with Gasteiger partial charge in [0, 0.05) is 36.9 Å². The second-order valence-corrected chi connectivity index (χ2v) is 9.71. The van der Waals surface area contributed by atoms with E-state index in [0.717, 1.165) is 31.6 Å². The van der Waals surface area contributed by atoms with Crippen LogP contribution in [0, 0.1) is 17.8 Å². The van der Waals surface area contributed by atoms with E-state index in [1.54, 1.807) is 0 Å². The van der Waals surface area contributed by atoms with Crippen LogP contribution in [-0.4, -0.2) is 59.4 Å². The minimum absolute atomic E-state index is 0.405. The van der Waals surface area contributed by atoms with Crippen molar-refractivity contribution >= 4 is 23.3 Å². The molecule has 1 saturated carbocycles. The van der Waals surface area contributed by atoms with Gasteiger partial charge in [-0.05, 0) is 54.9 Å². The Bertz CT molecular complexity index is 667. The number of hydrogen-bond donors (Lipinski definition) is 2. The van der Waals surface area contributed by atoms with Gasteiger partial charge < -0.3 is 15.1 Å².